The van der Waals surface area contributed by atoms with Gasteiger partial charge < -0.3 is 10.3 Å². The topological polar surface area (TPSA) is 43.8 Å². The molecule has 0 spiro atoms. The first-order valence-electron chi connectivity index (χ1n) is 5.95. The molecule has 0 saturated carbocycles. The predicted octanol–water partition coefficient (Wildman–Crippen LogP) is 2.68. The molecule has 3 aromatic rings. The third kappa shape index (κ3) is 1.83. The second kappa shape index (κ2) is 4.55. The molecule has 3 rings (SSSR count). The van der Waals surface area contributed by atoms with Gasteiger partial charge in [-0.2, -0.15) is 0 Å². The number of nitrogens with two attached hydrogens (primary N) is 1. The van der Waals surface area contributed by atoms with Crippen LogP contribution in [-0.4, -0.2) is 9.55 Å². The predicted molar refractivity (Wildman–Crippen MR) is 75.7 cm³/mol. The summed E-state index contributed by atoms with van der Waals surface area (Å²) in [5, 5.41) is 2.10. The van der Waals surface area contributed by atoms with E-state index in [1.54, 1.807) is 11.3 Å². The number of aromatic nitrogens is 2. The summed E-state index contributed by atoms with van der Waals surface area (Å²) >= 11 is 1.77. The second-order valence-corrected chi connectivity index (χ2v) is 5.36. The first kappa shape index (κ1) is 11.4. The van der Waals surface area contributed by atoms with Gasteiger partial charge >= 0.3 is 0 Å². The molecule has 0 unspecified atom stereocenters. The summed E-state index contributed by atoms with van der Waals surface area (Å²) in [4.78, 5) is 6.08. The summed E-state index contributed by atoms with van der Waals surface area (Å²) < 4.78 is 2.16. The number of fused-ring (bicyclic) bond motifs is 1. The van der Waals surface area contributed by atoms with Gasteiger partial charge in [0, 0.05) is 24.9 Å². The minimum Gasteiger partial charge on any atom is -0.331 e. The fraction of sp³-hybridized carbons (Fsp3) is 0.214. The molecule has 0 bridgehead atoms. The minimum atomic E-state index is 0.535. The van der Waals surface area contributed by atoms with E-state index in [2.05, 4.69) is 35.2 Å². The highest BCUT2D eigenvalue weighted by atomic mass is 32.1. The number of para-hydroxylation sites is 1. The van der Waals surface area contributed by atoms with E-state index in [9.17, 15) is 0 Å². The van der Waals surface area contributed by atoms with Crippen LogP contribution in [0.5, 0.6) is 0 Å². The molecule has 2 N–H and O–H groups in total. The van der Waals surface area contributed by atoms with E-state index in [-0.39, 0.29) is 0 Å². The Morgan fingerprint density at radius 3 is 2.89 bits per heavy atom. The first-order valence-corrected chi connectivity index (χ1v) is 6.83. The molecule has 0 atom stereocenters. The lowest BCUT2D eigenvalue weighted by Crippen LogP contribution is -1.97. The first-order chi connectivity index (χ1) is 8.79. The van der Waals surface area contributed by atoms with Crippen molar-refractivity contribution < 1.29 is 0 Å². The second-order valence-electron chi connectivity index (χ2n) is 4.33. The molecule has 0 fully saturated rings. The van der Waals surface area contributed by atoms with Gasteiger partial charge in [-0.3, -0.25) is 0 Å². The van der Waals surface area contributed by atoms with Crippen molar-refractivity contribution in [3.8, 4) is 0 Å². The fourth-order valence-electron chi connectivity index (χ4n) is 2.21. The lowest BCUT2D eigenvalue weighted by Gasteiger charge is -2.00. The van der Waals surface area contributed by atoms with Crippen LogP contribution in [0.25, 0.3) is 11.0 Å². The van der Waals surface area contributed by atoms with Crippen LogP contribution in [0.4, 0.5) is 0 Å². The van der Waals surface area contributed by atoms with Crippen LogP contribution in [0.3, 0.4) is 0 Å². The Morgan fingerprint density at radius 1 is 1.28 bits per heavy atom. The Morgan fingerprint density at radius 2 is 2.17 bits per heavy atom. The molecule has 0 radical (unpaired) electrons. The van der Waals surface area contributed by atoms with Crippen molar-refractivity contribution in [2.75, 3.05) is 0 Å². The zero-order valence-electron chi connectivity index (χ0n) is 10.3. The van der Waals surface area contributed by atoms with Crippen LogP contribution in [0.2, 0.25) is 0 Å². The Hall–Kier alpha value is -1.65. The molecule has 0 amide bonds. The average Bonchev–Trinajstić information content (AvgIpc) is 3.00. The maximum atomic E-state index is 5.76. The molecule has 0 aliphatic rings. The van der Waals surface area contributed by atoms with Crippen molar-refractivity contribution in [2.24, 2.45) is 12.8 Å². The van der Waals surface area contributed by atoms with Gasteiger partial charge in [-0.25, -0.2) is 4.98 Å². The van der Waals surface area contributed by atoms with Crippen molar-refractivity contribution in [3.63, 3.8) is 0 Å². The number of nitrogens with zero attached hydrogens (tertiary/aromatic N) is 2. The number of hydrogen-bond donors (Lipinski definition) is 1. The quantitative estimate of drug-likeness (QED) is 0.784. The molecule has 0 aliphatic carbocycles. The highest BCUT2D eigenvalue weighted by Gasteiger charge is 2.11. The van der Waals surface area contributed by atoms with Crippen LogP contribution in [0.15, 0.2) is 35.7 Å². The van der Waals surface area contributed by atoms with Gasteiger partial charge in [0.2, 0.25) is 0 Å². The van der Waals surface area contributed by atoms with Crippen LogP contribution < -0.4 is 5.73 Å². The van der Waals surface area contributed by atoms with E-state index in [0.717, 1.165) is 28.8 Å². The Bertz CT molecular complexity index is 668. The van der Waals surface area contributed by atoms with Crippen molar-refractivity contribution >= 4 is 22.4 Å². The van der Waals surface area contributed by atoms with Crippen molar-refractivity contribution in [1.82, 2.24) is 9.55 Å². The summed E-state index contributed by atoms with van der Waals surface area (Å²) in [7, 11) is 2.07. The summed E-state index contributed by atoms with van der Waals surface area (Å²) in [5.41, 5.74) is 9.07. The van der Waals surface area contributed by atoms with Crippen LogP contribution in [-0.2, 0) is 20.0 Å². The van der Waals surface area contributed by atoms with E-state index >= 15 is 0 Å². The average molecular weight is 257 g/mol. The van der Waals surface area contributed by atoms with Gasteiger partial charge in [-0.1, -0.05) is 18.2 Å². The van der Waals surface area contributed by atoms with Crippen LogP contribution >= 0.6 is 11.3 Å². The fourth-order valence-corrected chi connectivity index (χ4v) is 2.91. The van der Waals surface area contributed by atoms with E-state index < -0.39 is 0 Å². The highest BCUT2D eigenvalue weighted by Crippen LogP contribution is 2.21. The van der Waals surface area contributed by atoms with Gasteiger partial charge in [-0.15, -0.1) is 11.3 Å². The number of benzene rings is 1. The lowest BCUT2D eigenvalue weighted by atomic mass is 10.2. The van der Waals surface area contributed by atoms with E-state index in [4.69, 9.17) is 10.7 Å². The van der Waals surface area contributed by atoms with Gasteiger partial charge in [-0.05, 0) is 23.1 Å². The number of aryl methyl sites for hydroxylation is 1. The SMILES string of the molecule is Cn1c(Cc2cccs2)nc2c(CN)cccc21. The number of thiophene rings is 1. The third-order valence-electron chi connectivity index (χ3n) is 3.22. The van der Waals surface area contributed by atoms with Gasteiger partial charge in [0.25, 0.3) is 0 Å². The monoisotopic (exact) mass is 257 g/mol. The Balaban J connectivity index is 2.10. The van der Waals surface area contributed by atoms with Gasteiger partial charge in [0.05, 0.1) is 11.0 Å². The highest BCUT2D eigenvalue weighted by molar-refractivity contribution is 7.09. The zero-order chi connectivity index (χ0) is 12.5. The molecule has 0 saturated heterocycles. The number of imidazole rings is 1. The maximum Gasteiger partial charge on any atom is 0.114 e. The summed E-state index contributed by atoms with van der Waals surface area (Å²) in [6.45, 7) is 0.535. The van der Waals surface area contributed by atoms with Crippen LogP contribution in [0, 0.1) is 0 Å². The molecule has 3 nitrogen and oxygen atoms in total. The largest absolute Gasteiger partial charge is 0.331 e. The molecular formula is C14H15N3S. The van der Waals surface area contributed by atoms with Crippen molar-refractivity contribution in [1.29, 1.82) is 0 Å². The Labute approximate surface area is 110 Å². The molecule has 4 heteroatoms. The van der Waals surface area contributed by atoms with E-state index in [1.807, 2.05) is 12.1 Å². The maximum absolute atomic E-state index is 5.76. The number of rotatable bonds is 3. The Kier molecular flexibility index (Phi) is 2.89. The molecule has 0 aliphatic heterocycles. The van der Waals surface area contributed by atoms with Crippen molar-refractivity contribution in [2.45, 2.75) is 13.0 Å². The van der Waals surface area contributed by atoms with Crippen LogP contribution in [0.1, 0.15) is 16.3 Å². The van der Waals surface area contributed by atoms with E-state index in [1.165, 1.54) is 4.88 Å². The summed E-state index contributed by atoms with van der Waals surface area (Å²) in [6.07, 6.45) is 0.882. The summed E-state index contributed by atoms with van der Waals surface area (Å²) in [5.74, 6) is 1.09. The molecular weight excluding hydrogens is 242 g/mol. The normalized spacial score (nSPS) is 11.2. The molecule has 2 aromatic heterocycles. The van der Waals surface area contributed by atoms with Gasteiger partial charge in [0.15, 0.2) is 0 Å². The molecule has 1 aromatic carbocycles. The minimum absolute atomic E-state index is 0.535. The third-order valence-corrected chi connectivity index (χ3v) is 4.10. The summed E-state index contributed by atoms with van der Waals surface area (Å²) in [6, 6.07) is 10.4. The molecule has 18 heavy (non-hydrogen) atoms. The number of hydrogen-bond acceptors (Lipinski definition) is 3. The van der Waals surface area contributed by atoms with Gasteiger partial charge in [0.1, 0.15) is 5.82 Å². The zero-order valence-corrected chi connectivity index (χ0v) is 11.1. The molecule has 92 valence electrons. The van der Waals surface area contributed by atoms with Crippen molar-refractivity contribution in [3.05, 3.63) is 52.0 Å². The molecule has 2 heterocycles. The lowest BCUT2D eigenvalue weighted by molar-refractivity contribution is 0.850. The smallest absolute Gasteiger partial charge is 0.114 e. The van der Waals surface area contributed by atoms with E-state index in [0.29, 0.717) is 6.54 Å². The standard InChI is InChI=1S/C14H15N3S/c1-17-12-6-2-4-10(9-15)14(12)16-13(17)8-11-5-3-7-18-11/h2-7H,8-9,15H2,1H3.